The van der Waals surface area contributed by atoms with Crippen LogP contribution < -0.4 is 10.1 Å². The molecular weight excluding hydrogens is 350 g/mol. The second-order valence-electron chi connectivity index (χ2n) is 5.89. The number of anilines is 1. The van der Waals surface area contributed by atoms with Crippen molar-refractivity contribution in [2.24, 2.45) is 0 Å². The van der Waals surface area contributed by atoms with Gasteiger partial charge in [0.25, 0.3) is 0 Å². The third-order valence-electron chi connectivity index (χ3n) is 3.97. The molecule has 1 aromatic heterocycles. The average Bonchev–Trinajstić information content (AvgIpc) is 2.92. The van der Waals surface area contributed by atoms with Crippen LogP contribution in [0, 0.1) is 13.8 Å². The van der Waals surface area contributed by atoms with Gasteiger partial charge >= 0.3 is 0 Å². The van der Waals surface area contributed by atoms with Crippen molar-refractivity contribution < 1.29 is 9.53 Å². The van der Waals surface area contributed by atoms with Crippen LogP contribution in [0.1, 0.15) is 17.8 Å². The fraction of sp³-hybridized carbons (Fsp3) is 0.200. The third-order valence-corrected chi connectivity index (χ3v) is 4.22. The molecule has 3 rings (SSSR count). The Hall–Kier alpha value is -2.79. The van der Waals surface area contributed by atoms with Crippen molar-refractivity contribution in [1.82, 2.24) is 9.78 Å². The van der Waals surface area contributed by atoms with Crippen LogP contribution >= 0.6 is 11.6 Å². The van der Waals surface area contributed by atoms with Crippen molar-refractivity contribution in [1.29, 1.82) is 0 Å². The molecule has 1 N–H and O–H groups in total. The summed E-state index contributed by atoms with van der Waals surface area (Å²) in [7, 11) is 0. The van der Waals surface area contributed by atoms with E-state index in [-0.39, 0.29) is 12.3 Å². The number of amides is 1. The van der Waals surface area contributed by atoms with E-state index >= 15 is 0 Å². The molecule has 0 saturated carbocycles. The van der Waals surface area contributed by atoms with E-state index in [1.807, 2.05) is 48.9 Å². The van der Waals surface area contributed by atoms with Crippen LogP contribution in [0.5, 0.6) is 5.75 Å². The number of halogens is 1. The highest BCUT2D eigenvalue weighted by atomic mass is 35.5. The molecule has 0 spiro atoms. The number of hydrogen-bond acceptors (Lipinski definition) is 3. The molecule has 0 aliphatic carbocycles. The molecule has 134 valence electrons. The van der Waals surface area contributed by atoms with E-state index < -0.39 is 0 Å². The van der Waals surface area contributed by atoms with Gasteiger partial charge in [0.15, 0.2) is 0 Å². The van der Waals surface area contributed by atoms with Crippen LogP contribution in [-0.4, -0.2) is 22.3 Å². The Morgan fingerprint density at radius 3 is 2.50 bits per heavy atom. The first-order valence-electron chi connectivity index (χ1n) is 8.34. The Morgan fingerprint density at radius 1 is 1.12 bits per heavy atom. The summed E-state index contributed by atoms with van der Waals surface area (Å²) in [6, 6.07) is 16.9. The number of aryl methyl sites for hydroxylation is 1. The zero-order valence-corrected chi connectivity index (χ0v) is 15.5. The number of ether oxygens (including phenoxy) is 1. The van der Waals surface area contributed by atoms with Crippen LogP contribution in [0.2, 0.25) is 5.02 Å². The van der Waals surface area contributed by atoms with Crippen LogP contribution in [0.3, 0.4) is 0 Å². The Balaban J connectivity index is 1.61. The Bertz CT molecular complexity index is 889. The first-order chi connectivity index (χ1) is 12.5. The number of benzene rings is 2. The highest BCUT2D eigenvalue weighted by Crippen LogP contribution is 2.23. The first kappa shape index (κ1) is 18.0. The monoisotopic (exact) mass is 369 g/mol. The minimum absolute atomic E-state index is 0.113. The summed E-state index contributed by atoms with van der Waals surface area (Å²) < 4.78 is 7.39. The molecule has 5 nitrogen and oxygen atoms in total. The van der Waals surface area contributed by atoms with Crippen molar-refractivity contribution >= 4 is 23.2 Å². The van der Waals surface area contributed by atoms with E-state index in [9.17, 15) is 4.79 Å². The molecule has 3 aromatic rings. The molecule has 0 radical (unpaired) electrons. The molecule has 0 bridgehead atoms. The smallest absolute Gasteiger partial charge is 0.227 e. The van der Waals surface area contributed by atoms with Crippen molar-refractivity contribution in [2.75, 3.05) is 11.9 Å². The molecule has 0 saturated heterocycles. The van der Waals surface area contributed by atoms with Gasteiger partial charge in [-0.1, -0.05) is 29.8 Å². The lowest BCUT2D eigenvalue weighted by Crippen LogP contribution is -2.16. The van der Waals surface area contributed by atoms with Crippen molar-refractivity contribution in [3.8, 4) is 11.4 Å². The van der Waals surface area contributed by atoms with Crippen molar-refractivity contribution in [2.45, 2.75) is 20.3 Å². The summed E-state index contributed by atoms with van der Waals surface area (Å²) in [5, 5.41) is 8.12. The van der Waals surface area contributed by atoms with E-state index in [1.54, 1.807) is 24.3 Å². The number of carbonyl (C=O) groups is 1. The lowest BCUT2D eigenvalue weighted by atomic mass is 10.2. The molecule has 1 amide bonds. The highest BCUT2D eigenvalue weighted by molar-refractivity contribution is 6.30. The summed E-state index contributed by atoms with van der Waals surface area (Å²) in [5.41, 5.74) is 3.36. The van der Waals surface area contributed by atoms with Crippen LogP contribution in [0.15, 0.2) is 54.6 Å². The quantitative estimate of drug-likeness (QED) is 0.693. The Labute approximate surface area is 157 Å². The SMILES string of the molecule is Cc1nn(-c2ccccc2)c(C)c1NC(=O)CCOc1ccc(Cl)cc1. The zero-order valence-electron chi connectivity index (χ0n) is 14.7. The normalized spacial score (nSPS) is 10.6. The van der Waals surface area contributed by atoms with Gasteiger partial charge in [-0.2, -0.15) is 5.10 Å². The average molecular weight is 370 g/mol. The summed E-state index contributed by atoms with van der Waals surface area (Å²) in [4.78, 5) is 12.3. The van der Waals surface area contributed by atoms with Gasteiger partial charge < -0.3 is 10.1 Å². The minimum Gasteiger partial charge on any atom is -0.493 e. The number of para-hydroxylation sites is 1. The molecule has 0 atom stereocenters. The van der Waals surface area contributed by atoms with E-state index in [2.05, 4.69) is 10.4 Å². The Morgan fingerprint density at radius 2 is 1.81 bits per heavy atom. The topological polar surface area (TPSA) is 56.2 Å². The fourth-order valence-corrected chi connectivity index (χ4v) is 2.76. The predicted molar refractivity (Wildman–Crippen MR) is 103 cm³/mol. The fourth-order valence-electron chi connectivity index (χ4n) is 2.64. The van der Waals surface area contributed by atoms with E-state index in [1.165, 1.54) is 0 Å². The number of nitrogens with zero attached hydrogens (tertiary/aromatic N) is 2. The molecule has 1 heterocycles. The maximum Gasteiger partial charge on any atom is 0.227 e. The number of aromatic nitrogens is 2. The molecule has 0 unspecified atom stereocenters. The zero-order chi connectivity index (χ0) is 18.5. The number of hydrogen-bond donors (Lipinski definition) is 1. The van der Waals surface area contributed by atoms with Crippen LogP contribution in [0.4, 0.5) is 5.69 Å². The maximum absolute atomic E-state index is 12.3. The van der Waals surface area contributed by atoms with Gasteiger partial charge in [-0.15, -0.1) is 0 Å². The number of carbonyl (C=O) groups excluding carboxylic acids is 1. The Kier molecular flexibility index (Phi) is 5.58. The van der Waals surface area contributed by atoms with E-state index in [0.29, 0.717) is 17.4 Å². The molecule has 2 aromatic carbocycles. The van der Waals surface area contributed by atoms with Crippen molar-refractivity contribution in [3.63, 3.8) is 0 Å². The van der Waals surface area contributed by atoms with Gasteiger partial charge in [-0.05, 0) is 50.2 Å². The van der Waals surface area contributed by atoms with Gasteiger partial charge in [0.1, 0.15) is 5.75 Å². The summed E-state index contributed by atoms with van der Waals surface area (Å²) in [6.07, 6.45) is 0.248. The van der Waals surface area contributed by atoms with Crippen molar-refractivity contribution in [3.05, 3.63) is 71.0 Å². The molecular formula is C20H20ClN3O2. The lowest BCUT2D eigenvalue weighted by Gasteiger charge is -2.08. The van der Waals surface area contributed by atoms with Gasteiger partial charge in [0, 0.05) is 5.02 Å². The lowest BCUT2D eigenvalue weighted by molar-refractivity contribution is -0.116. The molecule has 6 heteroatoms. The first-order valence-corrected chi connectivity index (χ1v) is 8.72. The second-order valence-corrected chi connectivity index (χ2v) is 6.33. The van der Waals surface area contributed by atoms with Crippen LogP contribution in [0.25, 0.3) is 5.69 Å². The standard InChI is InChI=1S/C20H20ClN3O2/c1-14-20(15(2)24(23-14)17-6-4-3-5-7-17)22-19(25)12-13-26-18-10-8-16(21)9-11-18/h3-11H,12-13H2,1-2H3,(H,22,25). The van der Waals surface area contributed by atoms with Gasteiger partial charge in [-0.25, -0.2) is 4.68 Å². The van der Waals surface area contributed by atoms with Gasteiger partial charge in [-0.3, -0.25) is 4.79 Å². The predicted octanol–water partition coefficient (Wildman–Crippen LogP) is 4.55. The van der Waals surface area contributed by atoms with Crippen LogP contribution in [-0.2, 0) is 4.79 Å². The number of nitrogens with one attached hydrogen (secondary N) is 1. The summed E-state index contributed by atoms with van der Waals surface area (Å²) >= 11 is 5.83. The largest absolute Gasteiger partial charge is 0.493 e. The molecule has 26 heavy (non-hydrogen) atoms. The minimum atomic E-state index is -0.113. The highest BCUT2D eigenvalue weighted by Gasteiger charge is 2.15. The second kappa shape index (κ2) is 8.06. The molecule has 0 aliphatic rings. The van der Waals surface area contributed by atoms with E-state index in [4.69, 9.17) is 16.3 Å². The summed E-state index contributed by atoms with van der Waals surface area (Å²) in [6.45, 7) is 4.11. The third kappa shape index (κ3) is 4.24. The molecule has 0 aliphatic heterocycles. The van der Waals surface area contributed by atoms with E-state index in [0.717, 1.165) is 22.8 Å². The summed E-state index contributed by atoms with van der Waals surface area (Å²) in [5.74, 6) is 0.573. The maximum atomic E-state index is 12.3. The van der Waals surface area contributed by atoms with Gasteiger partial charge in [0.2, 0.25) is 5.91 Å². The molecule has 0 fully saturated rings. The number of rotatable bonds is 6. The van der Waals surface area contributed by atoms with Gasteiger partial charge in [0.05, 0.1) is 35.8 Å².